The number of carbonyl (C=O) groups excluding carboxylic acids is 1. The number of benzene rings is 1. The molecule has 2 aromatic rings. The van der Waals surface area contributed by atoms with E-state index in [1.807, 2.05) is 39.0 Å². The Bertz CT molecular complexity index is 632. The Morgan fingerprint density at radius 3 is 2.67 bits per heavy atom. The number of carbonyl (C=O) groups is 1. The van der Waals surface area contributed by atoms with Crippen LogP contribution in [0.4, 0.5) is 0 Å². The number of rotatable bonds is 4. The SMILES string of the molecule is CC(C)(C)c1nc(CCNC(=O)c2ccccc2Br)no1. The van der Waals surface area contributed by atoms with Crippen LogP contribution in [0.2, 0.25) is 0 Å². The number of hydrogen-bond donors (Lipinski definition) is 1. The van der Waals surface area contributed by atoms with Gasteiger partial charge in [-0.3, -0.25) is 4.79 Å². The van der Waals surface area contributed by atoms with E-state index in [-0.39, 0.29) is 11.3 Å². The molecule has 1 amide bonds. The van der Waals surface area contributed by atoms with E-state index < -0.39 is 0 Å². The molecule has 0 radical (unpaired) electrons. The van der Waals surface area contributed by atoms with E-state index in [2.05, 4.69) is 31.4 Å². The summed E-state index contributed by atoms with van der Waals surface area (Å²) in [4.78, 5) is 16.3. The maximum Gasteiger partial charge on any atom is 0.252 e. The van der Waals surface area contributed by atoms with Crippen LogP contribution >= 0.6 is 15.9 Å². The third kappa shape index (κ3) is 4.14. The van der Waals surface area contributed by atoms with Crippen LogP contribution in [0, 0.1) is 0 Å². The Labute approximate surface area is 132 Å². The molecule has 1 aromatic carbocycles. The van der Waals surface area contributed by atoms with Gasteiger partial charge in [-0.25, -0.2) is 0 Å². The molecule has 0 spiro atoms. The van der Waals surface area contributed by atoms with E-state index in [1.54, 1.807) is 6.07 Å². The monoisotopic (exact) mass is 351 g/mol. The van der Waals surface area contributed by atoms with Gasteiger partial charge in [-0.2, -0.15) is 4.98 Å². The fourth-order valence-electron chi connectivity index (χ4n) is 1.69. The molecular formula is C15H18BrN3O2. The molecule has 1 heterocycles. The second-order valence-electron chi connectivity index (χ2n) is 5.75. The average molecular weight is 352 g/mol. The lowest BCUT2D eigenvalue weighted by atomic mass is 9.97. The van der Waals surface area contributed by atoms with Gasteiger partial charge in [0.25, 0.3) is 5.91 Å². The van der Waals surface area contributed by atoms with Crippen LogP contribution in [0.3, 0.4) is 0 Å². The molecule has 21 heavy (non-hydrogen) atoms. The van der Waals surface area contributed by atoms with Gasteiger partial charge >= 0.3 is 0 Å². The smallest absolute Gasteiger partial charge is 0.252 e. The van der Waals surface area contributed by atoms with Crippen molar-refractivity contribution in [1.29, 1.82) is 0 Å². The molecule has 5 nitrogen and oxygen atoms in total. The zero-order valence-corrected chi connectivity index (χ0v) is 13.9. The van der Waals surface area contributed by atoms with Gasteiger partial charge in [-0.05, 0) is 28.1 Å². The van der Waals surface area contributed by atoms with Gasteiger partial charge in [0, 0.05) is 22.9 Å². The number of amides is 1. The van der Waals surface area contributed by atoms with Crippen LogP contribution < -0.4 is 5.32 Å². The fourth-order valence-corrected chi connectivity index (χ4v) is 2.15. The first-order chi connectivity index (χ1) is 9.88. The lowest BCUT2D eigenvalue weighted by Gasteiger charge is -2.10. The molecule has 0 aliphatic rings. The van der Waals surface area contributed by atoms with Gasteiger partial charge in [0.1, 0.15) is 0 Å². The highest BCUT2D eigenvalue weighted by atomic mass is 79.9. The summed E-state index contributed by atoms with van der Waals surface area (Å²) in [6.07, 6.45) is 0.537. The van der Waals surface area contributed by atoms with Crippen molar-refractivity contribution < 1.29 is 9.32 Å². The molecule has 1 aromatic heterocycles. The molecule has 0 aliphatic carbocycles. The van der Waals surface area contributed by atoms with Gasteiger partial charge in [0.05, 0.1) is 5.56 Å². The van der Waals surface area contributed by atoms with E-state index in [1.165, 1.54) is 0 Å². The van der Waals surface area contributed by atoms with Gasteiger partial charge in [-0.1, -0.05) is 38.1 Å². The van der Waals surface area contributed by atoms with Crippen LogP contribution in [0.15, 0.2) is 33.3 Å². The molecule has 0 fully saturated rings. The fraction of sp³-hybridized carbons (Fsp3) is 0.400. The van der Waals surface area contributed by atoms with Crippen molar-refractivity contribution in [2.75, 3.05) is 6.54 Å². The standard InChI is InChI=1S/C15H18BrN3O2/c1-15(2,3)14-18-12(19-21-14)8-9-17-13(20)10-6-4-5-7-11(10)16/h4-7H,8-9H2,1-3H3,(H,17,20). The van der Waals surface area contributed by atoms with E-state index in [0.29, 0.717) is 30.2 Å². The van der Waals surface area contributed by atoms with Crippen molar-refractivity contribution >= 4 is 21.8 Å². The van der Waals surface area contributed by atoms with Crippen LogP contribution in [0.1, 0.15) is 42.8 Å². The first-order valence-corrected chi connectivity index (χ1v) is 7.53. The second-order valence-corrected chi connectivity index (χ2v) is 6.61. The normalized spacial score (nSPS) is 11.4. The van der Waals surface area contributed by atoms with Crippen LogP contribution in [0.5, 0.6) is 0 Å². The summed E-state index contributed by atoms with van der Waals surface area (Å²) < 4.78 is 5.98. The molecule has 0 atom stereocenters. The highest BCUT2D eigenvalue weighted by Gasteiger charge is 2.21. The van der Waals surface area contributed by atoms with Crippen molar-refractivity contribution in [2.45, 2.75) is 32.6 Å². The third-order valence-corrected chi connectivity index (χ3v) is 3.55. The molecule has 2 rings (SSSR count). The predicted octanol–water partition coefficient (Wildman–Crippen LogP) is 3.10. The average Bonchev–Trinajstić information content (AvgIpc) is 2.88. The van der Waals surface area contributed by atoms with E-state index in [0.717, 1.165) is 4.47 Å². The molecule has 6 heteroatoms. The van der Waals surface area contributed by atoms with Gasteiger partial charge < -0.3 is 9.84 Å². The maximum absolute atomic E-state index is 12.0. The Hall–Kier alpha value is -1.69. The zero-order chi connectivity index (χ0) is 15.5. The second kappa shape index (κ2) is 6.39. The number of hydrogen-bond acceptors (Lipinski definition) is 4. The summed E-state index contributed by atoms with van der Waals surface area (Å²) in [6, 6.07) is 7.30. The summed E-state index contributed by atoms with van der Waals surface area (Å²) in [5.74, 6) is 1.09. The number of aromatic nitrogens is 2. The van der Waals surface area contributed by atoms with Crippen LogP contribution in [-0.4, -0.2) is 22.6 Å². The van der Waals surface area contributed by atoms with Crippen molar-refractivity contribution in [2.24, 2.45) is 0 Å². The minimum atomic E-state index is -0.163. The molecule has 0 aliphatic heterocycles. The third-order valence-electron chi connectivity index (χ3n) is 2.86. The summed E-state index contributed by atoms with van der Waals surface area (Å²) in [6.45, 7) is 6.50. The molecule has 112 valence electrons. The lowest BCUT2D eigenvalue weighted by molar-refractivity contribution is 0.0953. The van der Waals surface area contributed by atoms with E-state index in [9.17, 15) is 4.79 Å². The van der Waals surface area contributed by atoms with Crippen molar-refractivity contribution in [3.63, 3.8) is 0 Å². The number of nitrogens with one attached hydrogen (secondary N) is 1. The Balaban J connectivity index is 1.89. The summed E-state index contributed by atoms with van der Waals surface area (Å²) in [5, 5.41) is 6.77. The van der Waals surface area contributed by atoms with Crippen LogP contribution in [0.25, 0.3) is 0 Å². The Kier molecular flexibility index (Phi) is 4.77. The predicted molar refractivity (Wildman–Crippen MR) is 83.2 cm³/mol. The lowest BCUT2D eigenvalue weighted by Crippen LogP contribution is -2.26. The summed E-state index contributed by atoms with van der Waals surface area (Å²) in [5.41, 5.74) is 0.449. The molecular weight excluding hydrogens is 334 g/mol. The van der Waals surface area contributed by atoms with Gasteiger partial charge in [0.2, 0.25) is 5.89 Å². The highest BCUT2D eigenvalue weighted by molar-refractivity contribution is 9.10. The molecule has 0 saturated carbocycles. The van der Waals surface area contributed by atoms with E-state index >= 15 is 0 Å². The molecule has 0 unspecified atom stereocenters. The quantitative estimate of drug-likeness (QED) is 0.918. The zero-order valence-electron chi connectivity index (χ0n) is 12.3. The minimum Gasteiger partial charge on any atom is -0.352 e. The largest absolute Gasteiger partial charge is 0.352 e. The van der Waals surface area contributed by atoms with Crippen LogP contribution in [-0.2, 0) is 11.8 Å². The van der Waals surface area contributed by atoms with E-state index in [4.69, 9.17) is 4.52 Å². The topological polar surface area (TPSA) is 68.0 Å². The highest BCUT2D eigenvalue weighted by Crippen LogP contribution is 2.19. The first-order valence-electron chi connectivity index (χ1n) is 6.74. The molecule has 1 N–H and O–H groups in total. The maximum atomic E-state index is 12.0. The number of halogens is 1. The number of nitrogens with zero attached hydrogens (tertiary/aromatic N) is 2. The Morgan fingerprint density at radius 2 is 2.05 bits per heavy atom. The first kappa shape index (κ1) is 15.7. The summed E-state index contributed by atoms with van der Waals surface area (Å²) in [7, 11) is 0. The minimum absolute atomic E-state index is 0.123. The van der Waals surface area contributed by atoms with Crippen molar-refractivity contribution in [3.8, 4) is 0 Å². The molecule has 0 bridgehead atoms. The summed E-state index contributed by atoms with van der Waals surface area (Å²) >= 11 is 3.36. The Morgan fingerprint density at radius 1 is 1.33 bits per heavy atom. The van der Waals surface area contributed by atoms with Gasteiger partial charge in [-0.15, -0.1) is 0 Å². The molecule has 0 saturated heterocycles. The van der Waals surface area contributed by atoms with Crippen molar-refractivity contribution in [3.05, 3.63) is 46.0 Å². The van der Waals surface area contributed by atoms with Crippen molar-refractivity contribution in [1.82, 2.24) is 15.5 Å². The van der Waals surface area contributed by atoms with Gasteiger partial charge in [0.15, 0.2) is 5.82 Å².